The van der Waals surface area contributed by atoms with E-state index < -0.39 is 17.3 Å². The van der Waals surface area contributed by atoms with Gasteiger partial charge in [0.15, 0.2) is 5.82 Å². The minimum absolute atomic E-state index is 0.136. The average Bonchev–Trinajstić information content (AvgIpc) is 3.47. The number of benzene rings is 2. The predicted molar refractivity (Wildman–Crippen MR) is 144 cm³/mol. The largest absolute Gasteiger partial charge is 0.478 e. The quantitative estimate of drug-likeness (QED) is 0.309. The molecule has 11 heteroatoms. The summed E-state index contributed by atoms with van der Waals surface area (Å²) in [6.07, 6.45) is 3.40. The highest BCUT2D eigenvalue weighted by molar-refractivity contribution is 6.39. The molecule has 0 saturated heterocycles. The van der Waals surface area contributed by atoms with E-state index in [-0.39, 0.29) is 39.7 Å². The first-order chi connectivity index (χ1) is 18.6. The molecule has 2 aromatic heterocycles. The Morgan fingerprint density at radius 1 is 1.08 bits per heavy atom. The molecule has 6 rings (SSSR count). The Labute approximate surface area is 232 Å². The van der Waals surface area contributed by atoms with E-state index in [0.29, 0.717) is 29.6 Å². The molecule has 0 atom stereocenters. The van der Waals surface area contributed by atoms with Gasteiger partial charge in [0.05, 0.1) is 38.9 Å². The lowest BCUT2D eigenvalue weighted by Gasteiger charge is -2.31. The van der Waals surface area contributed by atoms with Crippen LogP contribution in [0.25, 0.3) is 10.9 Å². The number of aromatic amines is 1. The number of carbonyl (C=O) groups excluding carboxylic acids is 2. The zero-order valence-corrected chi connectivity index (χ0v) is 22.3. The van der Waals surface area contributed by atoms with Crippen molar-refractivity contribution in [3.8, 4) is 0 Å². The molecule has 1 saturated carbocycles. The van der Waals surface area contributed by atoms with E-state index in [2.05, 4.69) is 4.98 Å². The standard InChI is InChI=1S/C28H23Cl2FN4O4/c1-33(28(7-8-28)16-4-2-15(3-5-16)27(38)39)25(36)17-6-9-34-10-11-35(14-22(17)34)26(37)21-12-18-20(32-21)13-19(29)24(31)23(18)30/h2-6,9,12-13,32H,7-8,10-11,14H2,1H3,(H,38,39). The van der Waals surface area contributed by atoms with Crippen LogP contribution >= 0.6 is 23.2 Å². The highest BCUT2D eigenvalue weighted by Crippen LogP contribution is 2.51. The molecule has 2 aliphatic rings. The molecule has 2 aromatic carbocycles. The first kappa shape index (κ1) is 25.5. The van der Waals surface area contributed by atoms with Gasteiger partial charge in [0, 0.05) is 37.2 Å². The number of amides is 2. The van der Waals surface area contributed by atoms with Gasteiger partial charge in [-0.05, 0) is 48.7 Å². The first-order valence-electron chi connectivity index (χ1n) is 12.4. The second kappa shape index (κ2) is 9.14. The summed E-state index contributed by atoms with van der Waals surface area (Å²) in [6, 6.07) is 11.3. The fraction of sp³-hybridized carbons (Fsp3) is 0.250. The molecule has 8 nitrogen and oxygen atoms in total. The van der Waals surface area contributed by atoms with Gasteiger partial charge >= 0.3 is 5.97 Å². The highest BCUT2D eigenvalue weighted by atomic mass is 35.5. The van der Waals surface area contributed by atoms with E-state index in [1.807, 2.05) is 10.8 Å². The van der Waals surface area contributed by atoms with Gasteiger partial charge in [-0.2, -0.15) is 0 Å². The van der Waals surface area contributed by atoms with Crippen LogP contribution in [0.2, 0.25) is 10.0 Å². The van der Waals surface area contributed by atoms with E-state index in [4.69, 9.17) is 23.2 Å². The summed E-state index contributed by atoms with van der Waals surface area (Å²) in [5.41, 5.74) is 2.54. The number of hydrogen-bond donors (Lipinski definition) is 2. The van der Waals surface area contributed by atoms with Crippen LogP contribution in [0.4, 0.5) is 4.39 Å². The maximum atomic E-state index is 14.2. The van der Waals surface area contributed by atoms with E-state index >= 15 is 0 Å². The third-order valence-electron chi connectivity index (χ3n) is 7.88. The smallest absolute Gasteiger partial charge is 0.335 e. The lowest BCUT2D eigenvalue weighted by molar-refractivity contribution is 0.0671. The maximum absolute atomic E-state index is 14.2. The molecule has 1 aliphatic carbocycles. The van der Waals surface area contributed by atoms with Gasteiger partial charge in [0.2, 0.25) is 0 Å². The maximum Gasteiger partial charge on any atom is 0.335 e. The van der Waals surface area contributed by atoms with Crippen LogP contribution in [0.5, 0.6) is 0 Å². The van der Waals surface area contributed by atoms with Crippen molar-refractivity contribution in [2.24, 2.45) is 0 Å². The zero-order chi connectivity index (χ0) is 27.6. The second-order valence-electron chi connectivity index (χ2n) is 10.0. The summed E-state index contributed by atoms with van der Waals surface area (Å²) >= 11 is 12.0. The molecule has 2 amide bonds. The molecule has 1 fully saturated rings. The Bertz CT molecular complexity index is 1670. The van der Waals surface area contributed by atoms with Gasteiger partial charge in [-0.3, -0.25) is 9.59 Å². The van der Waals surface area contributed by atoms with Crippen LogP contribution in [0, 0.1) is 5.82 Å². The topological polar surface area (TPSA) is 98.6 Å². The molecular weight excluding hydrogens is 546 g/mol. The van der Waals surface area contributed by atoms with Gasteiger partial charge in [0.1, 0.15) is 5.69 Å². The third-order valence-corrected chi connectivity index (χ3v) is 8.52. The first-order valence-corrected chi connectivity index (χ1v) is 13.1. The molecule has 0 unspecified atom stereocenters. The molecular formula is C28H23Cl2FN4O4. The van der Waals surface area contributed by atoms with Crippen LogP contribution in [0.1, 0.15) is 55.3 Å². The van der Waals surface area contributed by atoms with Crippen molar-refractivity contribution in [3.63, 3.8) is 0 Å². The number of halogens is 3. The van der Waals surface area contributed by atoms with Crippen molar-refractivity contribution in [1.29, 1.82) is 0 Å². The Kier molecular flexibility index (Phi) is 5.96. The van der Waals surface area contributed by atoms with Crippen molar-refractivity contribution in [2.45, 2.75) is 31.5 Å². The lowest BCUT2D eigenvalue weighted by atomic mass is 10.0. The van der Waals surface area contributed by atoms with Crippen molar-refractivity contribution in [1.82, 2.24) is 19.4 Å². The average molecular weight is 569 g/mol. The molecule has 3 heterocycles. The van der Waals surface area contributed by atoms with Crippen LogP contribution in [-0.2, 0) is 18.6 Å². The summed E-state index contributed by atoms with van der Waals surface area (Å²) in [7, 11) is 1.76. The molecule has 1 aliphatic heterocycles. The monoisotopic (exact) mass is 568 g/mol. The van der Waals surface area contributed by atoms with E-state index in [1.54, 1.807) is 47.2 Å². The van der Waals surface area contributed by atoms with Crippen LogP contribution in [-0.4, -0.2) is 55.8 Å². The zero-order valence-electron chi connectivity index (χ0n) is 20.8. The fourth-order valence-corrected chi connectivity index (χ4v) is 5.96. The summed E-state index contributed by atoms with van der Waals surface area (Å²) in [6.45, 7) is 1.17. The number of nitrogens with zero attached hydrogens (tertiary/aromatic N) is 3. The SMILES string of the molecule is CN(C(=O)c1ccn2c1CN(C(=O)c1cc3c(Cl)c(F)c(Cl)cc3[nH]1)CC2)C1(c2ccc(C(=O)O)cc2)CC1. The summed E-state index contributed by atoms with van der Waals surface area (Å²) in [5.74, 6) is -2.20. The van der Waals surface area contributed by atoms with Crippen molar-refractivity contribution in [3.05, 3.63) is 92.6 Å². The number of nitrogens with one attached hydrogen (secondary N) is 1. The number of aromatic carboxylic acids is 1. The minimum atomic E-state index is -0.998. The molecule has 0 spiro atoms. The van der Waals surface area contributed by atoms with E-state index in [9.17, 15) is 23.9 Å². The molecule has 0 radical (unpaired) electrons. The normalized spacial score (nSPS) is 15.7. The molecule has 0 bridgehead atoms. The van der Waals surface area contributed by atoms with Crippen molar-refractivity contribution >= 4 is 51.9 Å². The third kappa shape index (κ3) is 4.08. The van der Waals surface area contributed by atoms with Gasteiger partial charge < -0.3 is 24.5 Å². The summed E-state index contributed by atoms with van der Waals surface area (Å²) in [5, 5.41) is 9.29. The van der Waals surface area contributed by atoms with Crippen molar-refractivity contribution < 1.29 is 23.9 Å². The number of carbonyl (C=O) groups is 3. The number of H-pyrrole nitrogens is 1. The number of aromatic nitrogens is 2. The number of carboxylic acid groups (broad SMARTS) is 1. The van der Waals surface area contributed by atoms with Gasteiger partial charge in [-0.1, -0.05) is 35.3 Å². The lowest BCUT2D eigenvalue weighted by Crippen LogP contribution is -2.41. The molecule has 200 valence electrons. The van der Waals surface area contributed by atoms with Crippen LogP contribution in [0.15, 0.2) is 48.7 Å². The van der Waals surface area contributed by atoms with E-state index in [1.165, 1.54) is 12.1 Å². The molecule has 39 heavy (non-hydrogen) atoms. The minimum Gasteiger partial charge on any atom is -0.478 e. The Balaban J connectivity index is 1.24. The van der Waals surface area contributed by atoms with Crippen LogP contribution < -0.4 is 0 Å². The number of carboxylic acids is 1. The van der Waals surface area contributed by atoms with Gasteiger partial charge in [-0.15, -0.1) is 0 Å². The molecule has 2 N–H and O–H groups in total. The van der Waals surface area contributed by atoms with Crippen LogP contribution in [0.3, 0.4) is 0 Å². The summed E-state index contributed by atoms with van der Waals surface area (Å²) < 4.78 is 16.1. The fourth-order valence-electron chi connectivity index (χ4n) is 5.45. The van der Waals surface area contributed by atoms with Gasteiger partial charge in [0.25, 0.3) is 11.8 Å². The Hall–Kier alpha value is -3.82. The Morgan fingerprint density at radius 3 is 2.46 bits per heavy atom. The molecule has 4 aromatic rings. The summed E-state index contributed by atoms with van der Waals surface area (Å²) in [4.78, 5) is 44.7. The van der Waals surface area contributed by atoms with E-state index in [0.717, 1.165) is 24.1 Å². The Morgan fingerprint density at radius 2 is 1.79 bits per heavy atom. The number of fused-ring (bicyclic) bond motifs is 2. The number of rotatable bonds is 5. The highest BCUT2D eigenvalue weighted by Gasteiger charge is 2.50. The second-order valence-corrected chi connectivity index (χ2v) is 10.8. The van der Waals surface area contributed by atoms with Crippen molar-refractivity contribution in [2.75, 3.05) is 13.6 Å². The predicted octanol–water partition coefficient (Wildman–Crippen LogP) is 5.53. The van der Waals surface area contributed by atoms with Gasteiger partial charge in [-0.25, -0.2) is 9.18 Å². The number of hydrogen-bond acceptors (Lipinski definition) is 3.